The van der Waals surface area contributed by atoms with E-state index in [0.29, 0.717) is 22.3 Å². The molecule has 0 saturated heterocycles. The number of hydrogen-bond donors (Lipinski definition) is 1. The molecule has 0 saturated carbocycles. The number of ether oxygens (including phenoxy) is 1. The number of hydrogen-bond acceptors (Lipinski definition) is 6. The summed E-state index contributed by atoms with van der Waals surface area (Å²) in [6.07, 6.45) is 2.68. The van der Waals surface area contributed by atoms with Gasteiger partial charge in [-0.15, -0.1) is 0 Å². The van der Waals surface area contributed by atoms with Crippen molar-refractivity contribution in [2.45, 2.75) is 0 Å². The summed E-state index contributed by atoms with van der Waals surface area (Å²) in [6, 6.07) is 11.4. The molecule has 0 atom stereocenters. The molecule has 0 aliphatic heterocycles. The highest BCUT2D eigenvalue weighted by molar-refractivity contribution is 6.04. The normalized spacial score (nSPS) is 11.4. The summed E-state index contributed by atoms with van der Waals surface area (Å²) >= 11 is 0. The Bertz CT molecular complexity index is 1270. The highest BCUT2D eigenvalue weighted by atomic mass is 16.6. The zero-order valence-electron chi connectivity index (χ0n) is 14.1. The molecule has 0 fully saturated rings. The van der Waals surface area contributed by atoms with Gasteiger partial charge < -0.3 is 9.72 Å². The molecule has 134 valence electrons. The minimum Gasteiger partial charge on any atom is -0.497 e. The smallest absolute Gasteiger partial charge is 0.298 e. The number of nitro benzene ring substituents is 1. The lowest BCUT2D eigenvalue weighted by atomic mass is 10.2. The summed E-state index contributed by atoms with van der Waals surface area (Å²) in [7, 11) is 1.57. The van der Waals surface area contributed by atoms with Crippen molar-refractivity contribution in [3.8, 4) is 5.75 Å². The van der Waals surface area contributed by atoms with Crippen LogP contribution in [0.4, 0.5) is 5.69 Å². The van der Waals surface area contributed by atoms with Crippen LogP contribution in [0.5, 0.6) is 5.75 Å². The van der Waals surface area contributed by atoms with Gasteiger partial charge >= 0.3 is 0 Å². The van der Waals surface area contributed by atoms with E-state index in [1.165, 1.54) is 24.7 Å². The third kappa shape index (κ3) is 2.91. The predicted octanol–water partition coefficient (Wildman–Crippen LogP) is 2.68. The van der Waals surface area contributed by atoms with Crippen LogP contribution in [-0.4, -0.2) is 32.9 Å². The highest BCUT2D eigenvalue weighted by Gasteiger charge is 2.11. The average molecular weight is 363 g/mol. The highest BCUT2D eigenvalue weighted by Crippen LogP contribution is 2.25. The van der Waals surface area contributed by atoms with Crippen molar-refractivity contribution in [1.82, 2.24) is 14.6 Å². The number of rotatable bonds is 4. The number of benzene rings is 2. The number of methoxy groups -OCH3 is 1. The minimum atomic E-state index is -0.490. The van der Waals surface area contributed by atoms with Gasteiger partial charge in [0, 0.05) is 29.1 Å². The average Bonchev–Trinajstić information content (AvgIpc) is 3.06. The van der Waals surface area contributed by atoms with Gasteiger partial charge in [0.1, 0.15) is 23.1 Å². The molecule has 0 radical (unpaired) electrons. The van der Waals surface area contributed by atoms with Crippen LogP contribution in [0.3, 0.4) is 0 Å². The lowest BCUT2D eigenvalue weighted by Crippen LogP contribution is -2.17. The molecule has 4 aromatic rings. The maximum absolute atomic E-state index is 12.7. The molecule has 4 rings (SSSR count). The van der Waals surface area contributed by atoms with Gasteiger partial charge in [0.25, 0.3) is 11.2 Å². The van der Waals surface area contributed by atoms with E-state index < -0.39 is 4.92 Å². The number of fused-ring (bicyclic) bond motifs is 3. The van der Waals surface area contributed by atoms with Gasteiger partial charge in [-0.2, -0.15) is 9.78 Å². The second kappa shape index (κ2) is 6.37. The van der Waals surface area contributed by atoms with Crippen LogP contribution in [0, 0.1) is 10.1 Å². The van der Waals surface area contributed by atoms with Gasteiger partial charge in [-0.3, -0.25) is 14.9 Å². The monoisotopic (exact) mass is 363 g/mol. The first-order chi connectivity index (χ1) is 13.1. The molecule has 2 aromatic carbocycles. The number of H-pyrrole nitrogens is 1. The third-order valence-electron chi connectivity index (χ3n) is 4.11. The van der Waals surface area contributed by atoms with Gasteiger partial charge in [-0.05, 0) is 12.1 Å². The van der Waals surface area contributed by atoms with E-state index in [1.54, 1.807) is 31.4 Å². The van der Waals surface area contributed by atoms with E-state index in [4.69, 9.17) is 4.74 Å². The third-order valence-corrected chi connectivity index (χ3v) is 4.11. The molecule has 0 amide bonds. The molecule has 1 N–H and O–H groups in total. The van der Waals surface area contributed by atoms with Crippen molar-refractivity contribution in [3.63, 3.8) is 0 Å². The fourth-order valence-electron chi connectivity index (χ4n) is 2.79. The van der Waals surface area contributed by atoms with Crippen molar-refractivity contribution >= 4 is 33.8 Å². The van der Waals surface area contributed by atoms with Crippen molar-refractivity contribution in [3.05, 3.63) is 74.8 Å². The summed E-state index contributed by atoms with van der Waals surface area (Å²) in [5, 5.41) is 15.7. The lowest BCUT2D eigenvalue weighted by Gasteiger charge is -1.98. The van der Waals surface area contributed by atoms with Crippen LogP contribution in [0.15, 0.2) is 58.7 Å². The van der Waals surface area contributed by atoms with E-state index >= 15 is 0 Å². The maximum Gasteiger partial charge on any atom is 0.298 e. The van der Waals surface area contributed by atoms with Gasteiger partial charge in [0.2, 0.25) is 0 Å². The topological polar surface area (TPSA) is 115 Å². The Morgan fingerprint density at radius 1 is 1.30 bits per heavy atom. The molecular formula is C18H13N5O4. The van der Waals surface area contributed by atoms with Crippen LogP contribution < -0.4 is 10.3 Å². The fraction of sp³-hybridized carbons (Fsp3) is 0.0556. The Labute approximate surface area is 151 Å². The number of aromatic nitrogens is 3. The molecule has 9 nitrogen and oxygen atoms in total. The summed E-state index contributed by atoms with van der Waals surface area (Å²) in [4.78, 5) is 30.4. The predicted molar refractivity (Wildman–Crippen MR) is 101 cm³/mol. The quantitative estimate of drug-likeness (QED) is 0.340. The number of non-ortho nitro benzene ring substituents is 1. The molecule has 2 heterocycles. The molecule has 27 heavy (non-hydrogen) atoms. The number of nitro groups is 1. The first kappa shape index (κ1) is 16.5. The SMILES string of the molecule is COc1ccc2c(c1)[nH]c1c(=O)n(N=Cc3cccc([N+](=O)[O-])c3)cnc12. The van der Waals surface area contributed by atoms with E-state index in [-0.39, 0.29) is 11.2 Å². The van der Waals surface area contributed by atoms with E-state index in [0.717, 1.165) is 15.6 Å². The zero-order valence-corrected chi connectivity index (χ0v) is 14.1. The standard InChI is InChI=1S/C18H13N5O4/c1-27-13-5-6-14-15(8-13)21-17-16(14)19-10-22(18(17)24)20-9-11-3-2-4-12(7-11)23(25)26/h2-10,21H,1H3. The van der Waals surface area contributed by atoms with Crippen molar-refractivity contribution in [2.24, 2.45) is 5.10 Å². The van der Waals surface area contributed by atoms with Crippen molar-refractivity contribution in [1.29, 1.82) is 0 Å². The van der Waals surface area contributed by atoms with Gasteiger partial charge in [0.05, 0.1) is 23.8 Å². The summed E-state index contributed by atoms with van der Waals surface area (Å²) in [5.74, 6) is 0.665. The Balaban J connectivity index is 1.77. The molecule has 0 aliphatic carbocycles. The number of nitrogens with one attached hydrogen (secondary N) is 1. The fourth-order valence-corrected chi connectivity index (χ4v) is 2.79. The van der Waals surface area contributed by atoms with Crippen LogP contribution in [0.2, 0.25) is 0 Å². The van der Waals surface area contributed by atoms with Crippen LogP contribution in [0.1, 0.15) is 5.56 Å². The van der Waals surface area contributed by atoms with Gasteiger partial charge in [0.15, 0.2) is 0 Å². The lowest BCUT2D eigenvalue weighted by molar-refractivity contribution is -0.384. The Morgan fingerprint density at radius 3 is 2.93 bits per heavy atom. The summed E-state index contributed by atoms with van der Waals surface area (Å²) in [6.45, 7) is 0. The van der Waals surface area contributed by atoms with E-state index in [9.17, 15) is 14.9 Å². The van der Waals surface area contributed by atoms with Crippen molar-refractivity contribution < 1.29 is 9.66 Å². The molecule has 0 spiro atoms. The Hall–Kier alpha value is -4.01. The van der Waals surface area contributed by atoms with Gasteiger partial charge in [-0.1, -0.05) is 12.1 Å². The molecule has 0 unspecified atom stereocenters. The van der Waals surface area contributed by atoms with Crippen LogP contribution in [-0.2, 0) is 0 Å². The minimum absolute atomic E-state index is 0.0514. The molecular weight excluding hydrogens is 350 g/mol. The number of nitrogens with zero attached hydrogens (tertiary/aromatic N) is 4. The van der Waals surface area contributed by atoms with Crippen LogP contribution in [0.25, 0.3) is 21.9 Å². The second-order valence-electron chi connectivity index (χ2n) is 5.75. The summed E-state index contributed by atoms with van der Waals surface area (Å²) in [5.41, 5.74) is 1.66. The summed E-state index contributed by atoms with van der Waals surface area (Å²) < 4.78 is 6.27. The maximum atomic E-state index is 12.7. The van der Waals surface area contributed by atoms with E-state index in [1.807, 2.05) is 6.07 Å². The Morgan fingerprint density at radius 2 is 2.15 bits per heavy atom. The van der Waals surface area contributed by atoms with Gasteiger partial charge in [-0.25, -0.2) is 4.98 Å². The zero-order chi connectivity index (χ0) is 19.0. The number of aromatic amines is 1. The first-order valence-electron chi connectivity index (χ1n) is 7.93. The van der Waals surface area contributed by atoms with Crippen LogP contribution >= 0.6 is 0 Å². The molecule has 9 heteroatoms. The Kier molecular flexibility index (Phi) is 3.88. The van der Waals surface area contributed by atoms with E-state index in [2.05, 4.69) is 15.1 Å². The molecule has 0 bridgehead atoms. The largest absolute Gasteiger partial charge is 0.497 e. The van der Waals surface area contributed by atoms with Crippen molar-refractivity contribution in [2.75, 3.05) is 7.11 Å². The molecule has 0 aliphatic rings. The first-order valence-corrected chi connectivity index (χ1v) is 7.93. The molecule has 2 aromatic heterocycles. The second-order valence-corrected chi connectivity index (χ2v) is 5.75.